The Morgan fingerprint density at radius 1 is 1.21 bits per heavy atom. The lowest BCUT2D eigenvalue weighted by Gasteiger charge is -2.18. The number of halogens is 4. The number of benzene rings is 2. The molecule has 0 aliphatic heterocycles. The zero-order valence-corrected chi connectivity index (χ0v) is 16.0. The van der Waals surface area contributed by atoms with Gasteiger partial charge in [0.2, 0.25) is 12.0 Å². The molecule has 1 aromatic heterocycles. The van der Waals surface area contributed by atoms with Crippen molar-refractivity contribution in [3.05, 3.63) is 70.1 Å². The standard InChI is InChI=1S/C20H15ClF3NO4/c1-10-11(2)28-18(25-10)15-9-14(21)6-7-16(15)29-17(19(26)27)12-4-3-5-13(8-12)20(22,23)24/h3-9,17H,1-2H3,(H,26,27). The Kier molecular flexibility index (Phi) is 5.57. The van der Waals surface area contributed by atoms with E-state index < -0.39 is 23.8 Å². The van der Waals surface area contributed by atoms with Crippen molar-refractivity contribution in [3.8, 4) is 17.2 Å². The van der Waals surface area contributed by atoms with E-state index in [2.05, 4.69) is 4.98 Å². The summed E-state index contributed by atoms with van der Waals surface area (Å²) in [7, 11) is 0. The fourth-order valence-corrected chi connectivity index (χ4v) is 2.80. The Hall–Kier alpha value is -3.00. The van der Waals surface area contributed by atoms with Crippen molar-refractivity contribution in [1.82, 2.24) is 4.98 Å². The smallest absolute Gasteiger partial charge is 0.416 e. The second kappa shape index (κ2) is 7.79. The summed E-state index contributed by atoms with van der Waals surface area (Å²) in [5.74, 6) is -0.685. The number of nitrogens with zero attached hydrogens (tertiary/aromatic N) is 1. The quantitative estimate of drug-likeness (QED) is 0.556. The van der Waals surface area contributed by atoms with Crippen LogP contribution in [0.4, 0.5) is 13.2 Å². The molecule has 152 valence electrons. The highest BCUT2D eigenvalue weighted by atomic mass is 35.5. The summed E-state index contributed by atoms with van der Waals surface area (Å²) in [4.78, 5) is 16.0. The van der Waals surface area contributed by atoms with E-state index in [1.54, 1.807) is 13.8 Å². The minimum Gasteiger partial charge on any atom is -0.478 e. The van der Waals surface area contributed by atoms with Crippen LogP contribution >= 0.6 is 11.6 Å². The molecule has 0 fully saturated rings. The van der Waals surface area contributed by atoms with Gasteiger partial charge in [0.15, 0.2) is 0 Å². The predicted octanol–water partition coefficient (Wildman–Crippen LogP) is 5.84. The van der Waals surface area contributed by atoms with Crippen LogP contribution in [0.3, 0.4) is 0 Å². The summed E-state index contributed by atoms with van der Waals surface area (Å²) in [5, 5.41) is 9.90. The topological polar surface area (TPSA) is 72.6 Å². The highest BCUT2D eigenvalue weighted by Crippen LogP contribution is 2.37. The van der Waals surface area contributed by atoms with Crippen LogP contribution in [0.25, 0.3) is 11.5 Å². The predicted molar refractivity (Wildman–Crippen MR) is 98.9 cm³/mol. The molecule has 0 saturated heterocycles. The number of hydrogen-bond acceptors (Lipinski definition) is 4. The van der Waals surface area contributed by atoms with Crippen molar-refractivity contribution in [2.45, 2.75) is 26.1 Å². The van der Waals surface area contributed by atoms with Crippen LogP contribution in [0.1, 0.15) is 28.7 Å². The first-order valence-electron chi connectivity index (χ1n) is 8.37. The van der Waals surface area contributed by atoms with Crippen molar-refractivity contribution in [2.75, 3.05) is 0 Å². The first-order valence-corrected chi connectivity index (χ1v) is 8.74. The van der Waals surface area contributed by atoms with Crippen molar-refractivity contribution < 1.29 is 32.2 Å². The van der Waals surface area contributed by atoms with Crippen LogP contribution in [0.5, 0.6) is 5.75 Å². The monoisotopic (exact) mass is 425 g/mol. The number of hydrogen-bond donors (Lipinski definition) is 1. The zero-order chi connectivity index (χ0) is 21.3. The summed E-state index contributed by atoms with van der Waals surface area (Å²) in [6.45, 7) is 3.44. The van der Waals surface area contributed by atoms with Gasteiger partial charge in [-0.2, -0.15) is 13.2 Å². The molecule has 1 N–H and O–H groups in total. The Morgan fingerprint density at radius 3 is 2.52 bits per heavy atom. The zero-order valence-electron chi connectivity index (χ0n) is 15.2. The molecule has 0 amide bonds. The van der Waals surface area contributed by atoms with Crippen LogP contribution in [0.2, 0.25) is 5.02 Å². The Morgan fingerprint density at radius 2 is 1.93 bits per heavy atom. The summed E-state index contributed by atoms with van der Waals surface area (Å²) >= 11 is 6.03. The lowest BCUT2D eigenvalue weighted by molar-refractivity contribution is -0.146. The van der Waals surface area contributed by atoms with Gasteiger partial charge in [-0.15, -0.1) is 0 Å². The molecule has 5 nitrogen and oxygen atoms in total. The summed E-state index contributed by atoms with van der Waals surface area (Å²) in [6, 6.07) is 8.34. The number of alkyl halides is 3. The van der Waals surface area contributed by atoms with Crippen LogP contribution in [-0.4, -0.2) is 16.1 Å². The second-order valence-electron chi connectivity index (χ2n) is 6.26. The van der Waals surface area contributed by atoms with E-state index in [9.17, 15) is 23.1 Å². The Balaban J connectivity index is 2.04. The average Bonchev–Trinajstić information content (AvgIpc) is 2.98. The Labute approximate surface area is 168 Å². The molecule has 2 aromatic carbocycles. The highest BCUT2D eigenvalue weighted by molar-refractivity contribution is 6.30. The normalized spacial score (nSPS) is 12.6. The molecule has 0 saturated carbocycles. The number of rotatable bonds is 5. The minimum atomic E-state index is -4.61. The summed E-state index contributed by atoms with van der Waals surface area (Å²) < 4.78 is 50.2. The van der Waals surface area contributed by atoms with Gasteiger partial charge in [-0.3, -0.25) is 0 Å². The molecule has 3 rings (SSSR count). The maximum atomic E-state index is 13.0. The first-order chi connectivity index (χ1) is 13.6. The van der Waals surface area contributed by atoms with Crippen molar-refractivity contribution in [1.29, 1.82) is 0 Å². The molecule has 0 bridgehead atoms. The third-order valence-corrected chi connectivity index (χ3v) is 4.42. The van der Waals surface area contributed by atoms with Crippen molar-refractivity contribution >= 4 is 17.6 Å². The van der Waals surface area contributed by atoms with Gasteiger partial charge in [0.1, 0.15) is 11.5 Å². The van der Waals surface area contributed by atoms with Gasteiger partial charge in [0.25, 0.3) is 0 Å². The molecule has 3 aromatic rings. The van der Waals surface area contributed by atoms with Crippen LogP contribution in [0.15, 0.2) is 46.9 Å². The van der Waals surface area contributed by atoms with E-state index in [4.69, 9.17) is 20.8 Å². The number of aliphatic carboxylic acids is 1. The van der Waals surface area contributed by atoms with Gasteiger partial charge < -0.3 is 14.3 Å². The third-order valence-electron chi connectivity index (χ3n) is 4.19. The lowest BCUT2D eigenvalue weighted by atomic mass is 10.1. The number of carboxylic acid groups (broad SMARTS) is 1. The maximum Gasteiger partial charge on any atom is 0.416 e. The van der Waals surface area contributed by atoms with E-state index in [0.29, 0.717) is 16.5 Å². The van der Waals surface area contributed by atoms with Gasteiger partial charge in [-0.05, 0) is 44.2 Å². The van der Waals surface area contributed by atoms with Gasteiger partial charge in [-0.1, -0.05) is 23.7 Å². The first kappa shape index (κ1) is 20.7. The van der Waals surface area contributed by atoms with Gasteiger partial charge >= 0.3 is 12.1 Å². The number of carboxylic acids is 1. The van der Waals surface area contributed by atoms with Gasteiger partial charge in [0, 0.05) is 10.6 Å². The van der Waals surface area contributed by atoms with E-state index in [1.165, 1.54) is 24.3 Å². The number of oxazole rings is 1. The molecule has 0 aliphatic carbocycles. The Bertz CT molecular complexity index is 1040. The molecule has 0 spiro atoms. The van der Waals surface area contributed by atoms with Gasteiger partial charge in [0.05, 0.1) is 16.8 Å². The summed E-state index contributed by atoms with van der Waals surface area (Å²) in [5.41, 5.74) is -0.223. The van der Waals surface area contributed by atoms with Crippen molar-refractivity contribution in [2.24, 2.45) is 0 Å². The van der Waals surface area contributed by atoms with Crippen LogP contribution < -0.4 is 4.74 Å². The van der Waals surface area contributed by atoms with Crippen LogP contribution in [-0.2, 0) is 11.0 Å². The fourth-order valence-electron chi connectivity index (χ4n) is 2.63. The van der Waals surface area contributed by atoms with E-state index in [1.807, 2.05) is 0 Å². The van der Waals surface area contributed by atoms with E-state index in [-0.39, 0.29) is 22.8 Å². The molecule has 0 radical (unpaired) electrons. The highest BCUT2D eigenvalue weighted by Gasteiger charge is 2.32. The largest absolute Gasteiger partial charge is 0.478 e. The van der Waals surface area contributed by atoms with Crippen molar-refractivity contribution in [3.63, 3.8) is 0 Å². The number of aryl methyl sites for hydroxylation is 2. The molecule has 29 heavy (non-hydrogen) atoms. The molecule has 1 heterocycles. The lowest BCUT2D eigenvalue weighted by Crippen LogP contribution is -2.19. The number of aromatic nitrogens is 1. The fraction of sp³-hybridized carbons (Fsp3) is 0.200. The molecular weight excluding hydrogens is 411 g/mol. The summed E-state index contributed by atoms with van der Waals surface area (Å²) in [6.07, 6.45) is -6.30. The van der Waals surface area contributed by atoms with E-state index in [0.717, 1.165) is 18.2 Å². The minimum absolute atomic E-state index is 0.0560. The maximum absolute atomic E-state index is 13.0. The van der Waals surface area contributed by atoms with Gasteiger partial charge in [-0.25, -0.2) is 9.78 Å². The second-order valence-corrected chi connectivity index (χ2v) is 6.70. The van der Waals surface area contributed by atoms with E-state index >= 15 is 0 Å². The van der Waals surface area contributed by atoms with Crippen LogP contribution in [0, 0.1) is 13.8 Å². The molecule has 9 heteroatoms. The molecule has 1 unspecified atom stereocenters. The number of ether oxygens (including phenoxy) is 1. The average molecular weight is 426 g/mol. The molecular formula is C20H15ClF3NO4. The molecule has 1 atom stereocenters. The SMILES string of the molecule is Cc1nc(-c2cc(Cl)ccc2OC(C(=O)O)c2cccc(C(F)(F)F)c2)oc1C. The third kappa shape index (κ3) is 4.54. The molecule has 0 aliphatic rings. The number of carbonyl (C=O) groups is 1.